The zero-order valence-corrected chi connectivity index (χ0v) is 10.6. The van der Waals surface area contributed by atoms with E-state index >= 15 is 0 Å². The maximum absolute atomic E-state index is 4.18. The molecule has 2 fully saturated rings. The van der Waals surface area contributed by atoms with Gasteiger partial charge in [0.25, 0.3) is 0 Å². The predicted molar refractivity (Wildman–Crippen MR) is 63.4 cm³/mol. The van der Waals surface area contributed by atoms with Gasteiger partial charge < -0.3 is 5.32 Å². The first-order valence-electron chi connectivity index (χ1n) is 6.39. The van der Waals surface area contributed by atoms with Crippen LogP contribution in [0.3, 0.4) is 0 Å². The molecule has 1 N–H and O–H groups in total. The van der Waals surface area contributed by atoms with Crippen LogP contribution in [-0.4, -0.2) is 50.3 Å². The largest absolute Gasteiger partial charge is 0.314 e. The van der Waals surface area contributed by atoms with Crippen LogP contribution in [0, 0.1) is 0 Å². The van der Waals surface area contributed by atoms with Gasteiger partial charge in [-0.1, -0.05) is 0 Å². The third kappa shape index (κ3) is 2.19. The maximum atomic E-state index is 4.18. The molecule has 1 aromatic heterocycles. The van der Waals surface area contributed by atoms with Gasteiger partial charge in [-0.05, 0) is 37.1 Å². The Labute approximate surface area is 101 Å². The molecule has 94 valence electrons. The van der Waals surface area contributed by atoms with Crippen molar-refractivity contribution in [1.29, 1.82) is 0 Å². The van der Waals surface area contributed by atoms with Gasteiger partial charge in [0.2, 0.25) is 0 Å². The maximum Gasteiger partial charge on any atom is 0.165 e. The summed E-state index contributed by atoms with van der Waals surface area (Å²) in [4.78, 5) is 2.47. The Morgan fingerprint density at radius 3 is 2.94 bits per heavy atom. The van der Waals surface area contributed by atoms with Crippen LogP contribution in [0.15, 0.2) is 0 Å². The lowest BCUT2D eigenvalue weighted by Crippen LogP contribution is -2.57. The second kappa shape index (κ2) is 4.03. The Hall–Kier alpha value is -1.01. The molecule has 1 saturated carbocycles. The van der Waals surface area contributed by atoms with Crippen LogP contribution in [0.25, 0.3) is 0 Å². The van der Waals surface area contributed by atoms with Crippen molar-refractivity contribution in [2.75, 3.05) is 19.6 Å². The van der Waals surface area contributed by atoms with Crippen LogP contribution in [0.5, 0.6) is 0 Å². The first-order valence-corrected chi connectivity index (χ1v) is 6.39. The summed E-state index contributed by atoms with van der Waals surface area (Å²) in [6, 6.07) is 0.561. The lowest BCUT2D eigenvalue weighted by molar-refractivity contribution is 0.0782. The molecule has 0 radical (unpaired) electrons. The molecule has 0 atom stereocenters. The summed E-state index contributed by atoms with van der Waals surface area (Å²) in [5, 5.41) is 15.5. The topological polar surface area (TPSA) is 58.9 Å². The van der Waals surface area contributed by atoms with Crippen LogP contribution in [0.2, 0.25) is 0 Å². The number of nitrogens with zero attached hydrogens (tertiary/aromatic N) is 5. The van der Waals surface area contributed by atoms with Crippen LogP contribution < -0.4 is 5.32 Å². The van der Waals surface area contributed by atoms with Crippen molar-refractivity contribution in [1.82, 2.24) is 30.4 Å². The van der Waals surface area contributed by atoms with Crippen molar-refractivity contribution < 1.29 is 0 Å². The molecule has 0 amide bonds. The summed E-state index contributed by atoms with van der Waals surface area (Å²) in [5.74, 6) is 1.02. The number of tetrazole rings is 1. The van der Waals surface area contributed by atoms with Gasteiger partial charge >= 0.3 is 0 Å². The molecular formula is C11H20N6. The van der Waals surface area contributed by atoms with Gasteiger partial charge in [-0.3, -0.25) is 4.90 Å². The standard InChI is InChI=1S/C11H20N6/c1-11(2)8-12-5-6-16(11)7-10-13-14-15-17(10)9-3-4-9/h9,12H,3-8H2,1-2H3. The van der Waals surface area contributed by atoms with Crippen molar-refractivity contribution in [3.8, 4) is 0 Å². The zero-order valence-electron chi connectivity index (χ0n) is 10.6. The minimum Gasteiger partial charge on any atom is -0.314 e. The molecule has 1 aliphatic heterocycles. The Morgan fingerprint density at radius 1 is 1.41 bits per heavy atom. The number of piperazine rings is 1. The summed E-state index contributed by atoms with van der Waals surface area (Å²) >= 11 is 0. The van der Waals surface area contributed by atoms with E-state index in [1.807, 2.05) is 4.68 Å². The normalized spacial score (nSPS) is 25.1. The highest BCUT2D eigenvalue weighted by Crippen LogP contribution is 2.34. The van der Waals surface area contributed by atoms with E-state index in [1.165, 1.54) is 12.8 Å². The lowest BCUT2D eigenvalue weighted by atomic mass is 10.0. The minimum absolute atomic E-state index is 0.179. The lowest BCUT2D eigenvalue weighted by Gasteiger charge is -2.42. The number of nitrogens with one attached hydrogen (secondary N) is 1. The van der Waals surface area contributed by atoms with E-state index in [4.69, 9.17) is 0 Å². The number of rotatable bonds is 3. The fourth-order valence-electron chi connectivity index (χ4n) is 2.41. The molecule has 1 saturated heterocycles. The van der Waals surface area contributed by atoms with Crippen molar-refractivity contribution in [3.63, 3.8) is 0 Å². The van der Waals surface area contributed by atoms with E-state index in [2.05, 4.69) is 39.6 Å². The van der Waals surface area contributed by atoms with Gasteiger partial charge in [0.15, 0.2) is 5.82 Å². The Kier molecular flexibility index (Phi) is 2.63. The first kappa shape index (κ1) is 11.1. The van der Waals surface area contributed by atoms with E-state index in [0.29, 0.717) is 6.04 Å². The van der Waals surface area contributed by atoms with Crippen LogP contribution >= 0.6 is 0 Å². The van der Waals surface area contributed by atoms with Crippen LogP contribution in [0.4, 0.5) is 0 Å². The number of hydrogen-bond acceptors (Lipinski definition) is 5. The SMILES string of the molecule is CC1(C)CNCCN1Cc1nnnn1C1CC1. The Bertz CT molecular complexity index is 394. The van der Waals surface area contributed by atoms with E-state index in [-0.39, 0.29) is 5.54 Å². The summed E-state index contributed by atoms with van der Waals surface area (Å²) < 4.78 is 2.01. The third-order valence-electron chi connectivity index (χ3n) is 3.76. The smallest absolute Gasteiger partial charge is 0.165 e. The van der Waals surface area contributed by atoms with Crippen LogP contribution in [-0.2, 0) is 6.54 Å². The van der Waals surface area contributed by atoms with Gasteiger partial charge in [-0.25, -0.2) is 4.68 Å². The second-order valence-corrected chi connectivity index (χ2v) is 5.68. The first-order chi connectivity index (χ1) is 8.17. The van der Waals surface area contributed by atoms with Crippen LogP contribution in [0.1, 0.15) is 38.6 Å². The molecule has 0 unspecified atom stereocenters. The fraction of sp³-hybridized carbons (Fsp3) is 0.909. The average Bonchev–Trinajstić information content (AvgIpc) is 3.02. The van der Waals surface area contributed by atoms with Gasteiger partial charge in [0, 0.05) is 25.2 Å². The predicted octanol–water partition coefficient (Wildman–Crippen LogP) is 0.192. The minimum atomic E-state index is 0.179. The molecule has 6 nitrogen and oxygen atoms in total. The molecule has 2 aliphatic rings. The fourth-order valence-corrected chi connectivity index (χ4v) is 2.41. The average molecular weight is 236 g/mol. The number of aromatic nitrogens is 4. The second-order valence-electron chi connectivity index (χ2n) is 5.68. The quantitative estimate of drug-likeness (QED) is 0.812. The summed E-state index contributed by atoms with van der Waals surface area (Å²) in [5.41, 5.74) is 0.179. The molecular weight excluding hydrogens is 216 g/mol. The summed E-state index contributed by atoms with van der Waals surface area (Å²) in [7, 11) is 0. The summed E-state index contributed by atoms with van der Waals surface area (Å²) in [6.45, 7) is 8.53. The van der Waals surface area contributed by atoms with Gasteiger partial charge in [0.1, 0.15) is 0 Å². The number of hydrogen-bond donors (Lipinski definition) is 1. The van der Waals surface area contributed by atoms with Gasteiger partial charge in [0.05, 0.1) is 12.6 Å². The third-order valence-corrected chi connectivity index (χ3v) is 3.76. The van der Waals surface area contributed by atoms with Gasteiger partial charge in [-0.2, -0.15) is 0 Å². The monoisotopic (exact) mass is 236 g/mol. The van der Waals surface area contributed by atoms with Crippen molar-refractivity contribution in [2.24, 2.45) is 0 Å². The molecule has 0 aromatic carbocycles. The molecule has 3 rings (SSSR count). The van der Waals surface area contributed by atoms with E-state index in [0.717, 1.165) is 32.0 Å². The molecule has 1 aliphatic carbocycles. The molecule has 6 heteroatoms. The van der Waals surface area contributed by atoms with E-state index in [1.54, 1.807) is 0 Å². The van der Waals surface area contributed by atoms with Crippen molar-refractivity contribution in [3.05, 3.63) is 5.82 Å². The van der Waals surface area contributed by atoms with E-state index in [9.17, 15) is 0 Å². The molecule has 17 heavy (non-hydrogen) atoms. The highest BCUT2D eigenvalue weighted by Gasteiger charge is 2.33. The zero-order chi connectivity index (χ0) is 11.9. The molecule has 0 spiro atoms. The van der Waals surface area contributed by atoms with Gasteiger partial charge in [-0.15, -0.1) is 5.10 Å². The summed E-state index contributed by atoms with van der Waals surface area (Å²) in [6.07, 6.45) is 2.45. The highest BCUT2D eigenvalue weighted by molar-refractivity contribution is 4.95. The molecule has 2 heterocycles. The Morgan fingerprint density at radius 2 is 2.24 bits per heavy atom. The van der Waals surface area contributed by atoms with E-state index < -0.39 is 0 Å². The molecule has 0 bridgehead atoms. The molecule has 1 aromatic rings. The van der Waals surface area contributed by atoms with Crippen molar-refractivity contribution >= 4 is 0 Å². The Balaban J connectivity index is 1.74. The van der Waals surface area contributed by atoms with Crippen molar-refractivity contribution in [2.45, 2.75) is 44.8 Å². The highest BCUT2D eigenvalue weighted by atomic mass is 15.6.